The number of hydrogen-bond donors (Lipinski definition) is 2. The van der Waals surface area contributed by atoms with Gasteiger partial charge in [-0.15, -0.1) is 11.3 Å². The van der Waals surface area contributed by atoms with E-state index >= 15 is 0 Å². The minimum Gasteiger partial charge on any atom is -0.481 e. The van der Waals surface area contributed by atoms with Crippen LogP contribution >= 0.6 is 35.2 Å². The number of nitrogens with zero attached hydrogens (tertiary/aromatic N) is 1. The smallest absolute Gasteiger partial charge is 0.282 e. The van der Waals surface area contributed by atoms with E-state index in [1.807, 2.05) is 20.8 Å². The Kier molecular flexibility index (Phi) is 5.41. The van der Waals surface area contributed by atoms with E-state index < -0.39 is 12.0 Å². The van der Waals surface area contributed by atoms with E-state index in [-0.39, 0.29) is 10.3 Å². The van der Waals surface area contributed by atoms with Gasteiger partial charge in [-0.2, -0.15) is 4.68 Å². The van der Waals surface area contributed by atoms with E-state index in [4.69, 9.17) is 28.6 Å². The minimum atomic E-state index is -0.841. The minimum absolute atomic E-state index is 0.119. The summed E-state index contributed by atoms with van der Waals surface area (Å²) in [4.78, 5) is 29.8. The van der Waals surface area contributed by atoms with Gasteiger partial charge in [-0.1, -0.05) is 11.6 Å². The first kappa shape index (κ1) is 19.6. The molecule has 2 aromatic heterocycles. The predicted molar refractivity (Wildman–Crippen MR) is 111 cm³/mol. The van der Waals surface area contributed by atoms with Crippen molar-refractivity contribution in [2.75, 3.05) is 5.43 Å². The fourth-order valence-corrected chi connectivity index (χ4v) is 3.97. The van der Waals surface area contributed by atoms with Gasteiger partial charge in [-0.25, -0.2) is 0 Å². The molecule has 3 aromatic rings. The maximum Gasteiger partial charge on any atom is 0.282 e. The number of rotatable bonds is 4. The van der Waals surface area contributed by atoms with Crippen molar-refractivity contribution in [3.8, 4) is 5.75 Å². The summed E-state index contributed by atoms with van der Waals surface area (Å²) in [6.07, 6.45) is -0.841. The summed E-state index contributed by atoms with van der Waals surface area (Å²) in [6, 6.07) is 5.28. The van der Waals surface area contributed by atoms with Gasteiger partial charge in [0.05, 0.1) is 5.39 Å². The van der Waals surface area contributed by atoms with Crippen LogP contribution in [-0.4, -0.2) is 21.7 Å². The summed E-state index contributed by atoms with van der Waals surface area (Å²) in [7, 11) is 0. The third-order valence-corrected chi connectivity index (χ3v) is 5.87. The Labute approximate surface area is 169 Å². The molecule has 6 nitrogen and oxygen atoms in total. The Balaban J connectivity index is 1.84. The molecule has 0 fully saturated rings. The molecule has 0 spiro atoms. The Morgan fingerprint density at radius 3 is 2.56 bits per heavy atom. The highest BCUT2D eigenvalue weighted by Gasteiger charge is 2.18. The van der Waals surface area contributed by atoms with E-state index in [0.29, 0.717) is 21.0 Å². The lowest BCUT2D eigenvalue weighted by Gasteiger charge is -2.17. The molecule has 2 heterocycles. The molecule has 0 radical (unpaired) electrons. The first-order chi connectivity index (χ1) is 12.7. The van der Waals surface area contributed by atoms with Crippen molar-refractivity contribution in [1.29, 1.82) is 0 Å². The van der Waals surface area contributed by atoms with E-state index in [1.54, 1.807) is 25.1 Å². The van der Waals surface area contributed by atoms with Crippen molar-refractivity contribution in [3.63, 3.8) is 0 Å². The molecule has 1 atom stereocenters. The van der Waals surface area contributed by atoms with Crippen LogP contribution in [0.15, 0.2) is 23.0 Å². The third kappa shape index (κ3) is 3.92. The number of aromatic nitrogens is 2. The topological polar surface area (TPSA) is 76.1 Å². The zero-order chi connectivity index (χ0) is 19.9. The Hall–Kier alpha value is -2.16. The Morgan fingerprint density at radius 2 is 1.93 bits per heavy atom. The lowest BCUT2D eigenvalue weighted by atomic mass is 10.1. The molecule has 1 aromatic carbocycles. The Morgan fingerprint density at radius 1 is 1.30 bits per heavy atom. The summed E-state index contributed by atoms with van der Waals surface area (Å²) >= 11 is 12.8. The summed E-state index contributed by atoms with van der Waals surface area (Å²) < 4.78 is 6.86. The predicted octanol–water partition coefficient (Wildman–Crippen LogP) is 4.24. The van der Waals surface area contributed by atoms with Crippen LogP contribution in [0.25, 0.3) is 10.2 Å². The fraction of sp³-hybridized carbons (Fsp3) is 0.278. The van der Waals surface area contributed by atoms with Gasteiger partial charge in [0.1, 0.15) is 10.6 Å². The van der Waals surface area contributed by atoms with Crippen LogP contribution in [0.2, 0.25) is 5.02 Å². The van der Waals surface area contributed by atoms with E-state index in [2.05, 4.69) is 10.4 Å². The highest BCUT2D eigenvalue weighted by molar-refractivity contribution is 7.71. The lowest BCUT2D eigenvalue weighted by Crippen LogP contribution is -2.40. The third-order valence-electron chi connectivity index (χ3n) is 4.03. The van der Waals surface area contributed by atoms with E-state index in [9.17, 15) is 9.59 Å². The Bertz CT molecular complexity index is 1140. The second-order valence-corrected chi connectivity index (χ2v) is 8.30. The highest BCUT2D eigenvalue weighted by atomic mass is 35.5. The van der Waals surface area contributed by atoms with E-state index in [1.165, 1.54) is 11.3 Å². The van der Waals surface area contributed by atoms with Crippen molar-refractivity contribution < 1.29 is 9.53 Å². The zero-order valence-corrected chi connectivity index (χ0v) is 17.6. The number of fused-ring (bicyclic) bond motifs is 1. The van der Waals surface area contributed by atoms with Crippen LogP contribution < -0.4 is 15.7 Å². The highest BCUT2D eigenvalue weighted by Crippen LogP contribution is 2.26. The second kappa shape index (κ2) is 7.46. The maximum absolute atomic E-state index is 12.6. The molecule has 0 saturated carbocycles. The van der Waals surface area contributed by atoms with Crippen LogP contribution in [0.1, 0.15) is 22.9 Å². The number of carbonyl (C=O) groups is 1. The fourth-order valence-electron chi connectivity index (χ4n) is 2.67. The molecule has 27 heavy (non-hydrogen) atoms. The number of hydrogen-bond acceptors (Lipinski definition) is 5. The largest absolute Gasteiger partial charge is 0.481 e. The lowest BCUT2D eigenvalue weighted by molar-refractivity contribution is -0.123. The van der Waals surface area contributed by atoms with Crippen LogP contribution in [0.3, 0.4) is 0 Å². The molecule has 0 bridgehead atoms. The van der Waals surface area contributed by atoms with Crippen molar-refractivity contribution >= 4 is 51.3 Å². The van der Waals surface area contributed by atoms with Crippen molar-refractivity contribution in [3.05, 3.63) is 54.4 Å². The molecular formula is C18H18ClN3O3S2. The number of nitrogens with one attached hydrogen (secondary N) is 2. The van der Waals surface area contributed by atoms with Gasteiger partial charge in [0.15, 0.2) is 6.10 Å². The second-order valence-electron chi connectivity index (χ2n) is 6.28. The maximum atomic E-state index is 12.6. The number of benzene rings is 1. The van der Waals surface area contributed by atoms with Gasteiger partial charge in [0.25, 0.3) is 11.5 Å². The molecule has 0 saturated heterocycles. The van der Waals surface area contributed by atoms with Gasteiger partial charge in [-0.3, -0.25) is 15.0 Å². The molecule has 0 unspecified atom stereocenters. The van der Waals surface area contributed by atoms with Crippen LogP contribution in [0.4, 0.5) is 0 Å². The number of amides is 1. The van der Waals surface area contributed by atoms with Gasteiger partial charge in [0, 0.05) is 9.90 Å². The van der Waals surface area contributed by atoms with Crippen LogP contribution in [0, 0.1) is 25.5 Å². The summed E-state index contributed by atoms with van der Waals surface area (Å²) in [5.74, 6) is 0.0339. The SMILES string of the molecule is Cc1cc2c(=O)n(NC(=O)[C@@H](C)Oc3cc(C)c(Cl)c(C)c3)c(=S)[nH]c2s1. The van der Waals surface area contributed by atoms with E-state index in [0.717, 1.165) is 20.7 Å². The van der Waals surface area contributed by atoms with Crippen LogP contribution in [-0.2, 0) is 4.79 Å². The molecule has 0 aliphatic heterocycles. The number of H-pyrrole nitrogens is 1. The molecule has 0 aliphatic carbocycles. The number of carbonyl (C=O) groups excluding carboxylic acids is 1. The molecule has 142 valence electrons. The molecule has 1 amide bonds. The van der Waals surface area contributed by atoms with Gasteiger partial charge < -0.3 is 9.72 Å². The molecule has 2 N–H and O–H groups in total. The van der Waals surface area contributed by atoms with Crippen molar-refractivity contribution in [1.82, 2.24) is 9.66 Å². The van der Waals surface area contributed by atoms with Crippen LogP contribution in [0.5, 0.6) is 5.75 Å². The summed E-state index contributed by atoms with van der Waals surface area (Å²) in [5, 5.41) is 1.14. The average Bonchev–Trinajstić information content (AvgIpc) is 2.96. The van der Waals surface area contributed by atoms with Gasteiger partial charge in [0.2, 0.25) is 4.77 Å². The number of aromatic amines is 1. The number of ether oxygens (including phenoxy) is 1. The average molecular weight is 424 g/mol. The number of halogens is 1. The van der Waals surface area contributed by atoms with Crippen molar-refractivity contribution in [2.45, 2.75) is 33.8 Å². The zero-order valence-electron chi connectivity index (χ0n) is 15.2. The standard InChI is InChI=1S/C18H18ClN3O3S2/c1-8-5-12(6-9(2)14(8)19)25-11(4)15(23)21-22-17(24)13-7-10(3)27-16(13)20-18(22)26/h5-7,11H,1-4H3,(H,20,26)(H,21,23)/t11-/m1/s1. The quantitative estimate of drug-likeness (QED) is 0.615. The van der Waals surface area contributed by atoms with Crippen molar-refractivity contribution in [2.24, 2.45) is 0 Å². The number of aryl methyl sites for hydroxylation is 3. The first-order valence-electron chi connectivity index (χ1n) is 8.17. The summed E-state index contributed by atoms with van der Waals surface area (Å²) in [6.45, 7) is 7.23. The molecular weight excluding hydrogens is 406 g/mol. The summed E-state index contributed by atoms with van der Waals surface area (Å²) in [5.41, 5.74) is 3.86. The van der Waals surface area contributed by atoms with Gasteiger partial charge >= 0.3 is 0 Å². The normalized spacial score (nSPS) is 12.2. The first-order valence-corrected chi connectivity index (χ1v) is 9.77. The molecule has 0 aliphatic rings. The monoisotopic (exact) mass is 423 g/mol. The molecule has 3 rings (SSSR count). The number of thiophene rings is 1. The van der Waals surface area contributed by atoms with Gasteiger partial charge in [-0.05, 0) is 69.2 Å². The molecule has 9 heteroatoms.